The van der Waals surface area contributed by atoms with Gasteiger partial charge in [0.25, 0.3) is 5.91 Å². The molecule has 0 aliphatic heterocycles. The van der Waals surface area contributed by atoms with Crippen molar-refractivity contribution in [1.29, 1.82) is 0 Å². The lowest BCUT2D eigenvalue weighted by molar-refractivity contribution is 0.0988. The van der Waals surface area contributed by atoms with Gasteiger partial charge >= 0.3 is 0 Å². The Balaban J connectivity index is 1.83. The lowest BCUT2D eigenvalue weighted by atomic mass is 9.93. The fraction of sp³-hybridized carbons (Fsp3) is 0.263. The van der Waals surface area contributed by atoms with Gasteiger partial charge in [-0.25, -0.2) is 14.4 Å². The Morgan fingerprint density at radius 1 is 1.19 bits per heavy atom. The van der Waals surface area contributed by atoms with Crippen LogP contribution in [0.15, 0.2) is 30.5 Å². The summed E-state index contributed by atoms with van der Waals surface area (Å²) in [6, 6.07) is 6.01. The summed E-state index contributed by atoms with van der Waals surface area (Å²) in [5.41, 5.74) is 15.5. The van der Waals surface area contributed by atoms with Crippen LogP contribution in [0.25, 0.3) is 22.8 Å². The van der Waals surface area contributed by atoms with Gasteiger partial charge in [0.1, 0.15) is 17.2 Å². The number of nitrogens with two attached hydrogens (primary N) is 2. The van der Waals surface area contributed by atoms with Gasteiger partial charge in [-0.15, -0.1) is 0 Å². The van der Waals surface area contributed by atoms with Gasteiger partial charge < -0.3 is 11.5 Å². The number of fused-ring (bicyclic) bond motifs is 3. The fourth-order valence-electron chi connectivity index (χ4n) is 3.40. The molecule has 1 aromatic carbocycles. The lowest BCUT2D eigenvalue weighted by Crippen LogP contribution is -2.21. The first-order chi connectivity index (χ1) is 13.1. The van der Waals surface area contributed by atoms with Crippen molar-refractivity contribution in [2.24, 2.45) is 11.5 Å². The average molecular weight is 366 g/mol. The smallest absolute Gasteiger partial charge is 0.267 e. The van der Waals surface area contributed by atoms with Gasteiger partial charge in [-0.1, -0.05) is 0 Å². The number of rotatable bonds is 5. The molecule has 2 aromatic heterocycles. The van der Waals surface area contributed by atoms with Crippen molar-refractivity contribution in [2.75, 3.05) is 6.54 Å². The summed E-state index contributed by atoms with van der Waals surface area (Å²) in [6.45, 7) is 1.02. The van der Waals surface area contributed by atoms with Crippen molar-refractivity contribution in [3.05, 3.63) is 53.1 Å². The second-order valence-electron chi connectivity index (χ2n) is 6.48. The molecule has 3 aromatic rings. The van der Waals surface area contributed by atoms with Crippen LogP contribution in [0.4, 0.5) is 4.39 Å². The third-order valence-electron chi connectivity index (χ3n) is 4.69. The van der Waals surface area contributed by atoms with Crippen molar-refractivity contribution >= 4 is 5.91 Å². The summed E-state index contributed by atoms with van der Waals surface area (Å²) in [7, 11) is 0. The first-order valence-electron chi connectivity index (χ1n) is 8.80. The van der Waals surface area contributed by atoms with Gasteiger partial charge in [0, 0.05) is 23.9 Å². The van der Waals surface area contributed by atoms with Crippen molar-refractivity contribution in [3.8, 4) is 22.8 Å². The molecule has 1 aliphatic carbocycles. The summed E-state index contributed by atoms with van der Waals surface area (Å²) in [6.07, 6.45) is 3.82. The van der Waals surface area contributed by atoms with E-state index in [0.717, 1.165) is 11.1 Å². The third kappa shape index (κ3) is 3.08. The molecule has 2 heterocycles. The molecule has 0 atom stereocenters. The van der Waals surface area contributed by atoms with Gasteiger partial charge in [0.05, 0.1) is 5.69 Å². The molecule has 27 heavy (non-hydrogen) atoms. The van der Waals surface area contributed by atoms with Crippen molar-refractivity contribution in [3.63, 3.8) is 0 Å². The minimum absolute atomic E-state index is 0.316. The molecule has 0 saturated heterocycles. The van der Waals surface area contributed by atoms with Crippen LogP contribution in [-0.2, 0) is 19.4 Å². The number of hydrogen-bond acceptors (Lipinski definition) is 5. The van der Waals surface area contributed by atoms with Crippen molar-refractivity contribution < 1.29 is 9.18 Å². The molecule has 4 N–H and O–H groups in total. The first-order valence-corrected chi connectivity index (χ1v) is 8.80. The SMILES string of the molecule is NCCCn1nc2c(c1C(N)=O)CCc1cnc(-c3ccc(F)cc3)nc1-2. The summed E-state index contributed by atoms with van der Waals surface area (Å²) in [5.74, 6) is -0.334. The summed E-state index contributed by atoms with van der Waals surface area (Å²) in [4.78, 5) is 21.1. The van der Waals surface area contributed by atoms with E-state index in [1.54, 1.807) is 23.0 Å². The van der Waals surface area contributed by atoms with Gasteiger partial charge in [-0.05, 0) is 55.6 Å². The Kier molecular flexibility index (Phi) is 4.41. The molecule has 0 unspecified atom stereocenters. The van der Waals surface area contributed by atoms with E-state index >= 15 is 0 Å². The fourth-order valence-corrected chi connectivity index (χ4v) is 3.40. The minimum Gasteiger partial charge on any atom is -0.364 e. The number of benzene rings is 1. The maximum absolute atomic E-state index is 13.2. The molecule has 138 valence electrons. The van der Waals surface area contributed by atoms with Gasteiger partial charge in [0.15, 0.2) is 5.82 Å². The molecule has 1 aliphatic rings. The highest BCUT2D eigenvalue weighted by Gasteiger charge is 2.28. The van der Waals surface area contributed by atoms with Crippen LogP contribution in [0.1, 0.15) is 28.0 Å². The van der Waals surface area contributed by atoms with E-state index in [4.69, 9.17) is 11.5 Å². The van der Waals surface area contributed by atoms with E-state index in [9.17, 15) is 9.18 Å². The van der Waals surface area contributed by atoms with Crippen LogP contribution in [0, 0.1) is 5.82 Å². The number of carbonyl (C=O) groups is 1. The average Bonchev–Trinajstić information content (AvgIpc) is 3.05. The van der Waals surface area contributed by atoms with Crippen LogP contribution < -0.4 is 11.5 Å². The van der Waals surface area contributed by atoms with Crippen LogP contribution in [-0.4, -0.2) is 32.2 Å². The third-order valence-corrected chi connectivity index (χ3v) is 4.69. The zero-order valence-electron chi connectivity index (χ0n) is 14.7. The van der Waals surface area contributed by atoms with Gasteiger partial charge in [0.2, 0.25) is 0 Å². The van der Waals surface area contributed by atoms with E-state index in [-0.39, 0.29) is 5.82 Å². The number of nitrogens with zero attached hydrogens (tertiary/aromatic N) is 4. The Bertz CT molecular complexity index is 1010. The topological polar surface area (TPSA) is 113 Å². The Morgan fingerprint density at radius 2 is 1.96 bits per heavy atom. The zero-order chi connectivity index (χ0) is 19.0. The molecule has 8 heteroatoms. The van der Waals surface area contributed by atoms with E-state index in [1.807, 2.05) is 0 Å². The number of halogens is 1. The number of aryl methyl sites for hydroxylation is 2. The Morgan fingerprint density at radius 3 is 2.67 bits per heavy atom. The number of hydrogen-bond donors (Lipinski definition) is 2. The van der Waals surface area contributed by atoms with Crippen molar-refractivity contribution in [2.45, 2.75) is 25.8 Å². The monoisotopic (exact) mass is 366 g/mol. The molecular weight excluding hydrogens is 347 g/mol. The second-order valence-corrected chi connectivity index (χ2v) is 6.48. The number of amides is 1. The summed E-state index contributed by atoms with van der Waals surface area (Å²) >= 11 is 0. The first kappa shape index (κ1) is 17.3. The minimum atomic E-state index is -0.503. The standard InChI is InChI=1S/C19H19FN6O/c20-13-5-2-11(3-6-13)19-23-10-12-4-7-14-16(15(12)24-19)25-26(9-1-8-21)17(14)18(22)27/h2-3,5-6,10H,1,4,7-9,21H2,(H2,22,27). The van der Waals surface area contributed by atoms with Crippen LogP contribution in [0.3, 0.4) is 0 Å². The van der Waals surface area contributed by atoms with Crippen LogP contribution in [0.2, 0.25) is 0 Å². The van der Waals surface area contributed by atoms with E-state index in [1.165, 1.54) is 12.1 Å². The highest BCUT2D eigenvalue weighted by Crippen LogP contribution is 2.34. The molecule has 0 bridgehead atoms. The largest absolute Gasteiger partial charge is 0.364 e. The predicted molar refractivity (Wildman–Crippen MR) is 98.2 cm³/mol. The molecule has 0 fully saturated rings. The predicted octanol–water partition coefficient (Wildman–Crippen LogP) is 1.69. The maximum atomic E-state index is 13.2. The molecular formula is C19H19FN6O. The van der Waals surface area contributed by atoms with E-state index in [0.29, 0.717) is 60.8 Å². The maximum Gasteiger partial charge on any atom is 0.267 e. The molecule has 0 saturated carbocycles. The number of aromatic nitrogens is 4. The normalized spacial score (nSPS) is 12.5. The molecule has 4 rings (SSSR count). The van der Waals surface area contributed by atoms with Gasteiger partial charge in [-0.2, -0.15) is 5.10 Å². The molecule has 7 nitrogen and oxygen atoms in total. The second kappa shape index (κ2) is 6.88. The Labute approximate surface area is 155 Å². The van der Waals surface area contributed by atoms with E-state index in [2.05, 4.69) is 15.1 Å². The van der Waals surface area contributed by atoms with Crippen LogP contribution >= 0.6 is 0 Å². The Hall–Kier alpha value is -3.13. The van der Waals surface area contributed by atoms with E-state index < -0.39 is 5.91 Å². The zero-order valence-corrected chi connectivity index (χ0v) is 14.7. The highest BCUT2D eigenvalue weighted by atomic mass is 19.1. The lowest BCUT2D eigenvalue weighted by Gasteiger charge is -2.15. The van der Waals surface area contributed by atoms with Crippen molar-refractivity contribution in [1.82, 2.24) is 19.7 Å². The highest BCUT2D eigenvalue weighted by molar-refractivity contribution is 5.95. The number of primary amides is 1. The van der Waals surface area contributed by atoms with Gasteiger partial charge in [-0.3, -0.25) is 9.48 Å². The quantitative estimate of drug-likeness (QED) is 0.713. The molecule has 0 radical (unpaired) electrons. The summed E-state index contributed by atoms with van der Waals surface area (Å²) < 4.78 is 14.8. The molecule has 0 spiro atoms. The summed E-state index contributed by atoms with van der Waals surface area (Å²) in [5, 5.41) is 4.61. The molecule has 1 amide bonds. The number of carbonyl (C=O) groups excluding carboxylic acids is 1. The van der Waals surface area contributed by atoms with Crippen LogP contribution in [0.5, 0.6) is 0 Å².